The predicted molar refractivity (Wildman–Crippen MR) is 92.4 cm³/mol. The summed E-state index contributed by atoms with van der Waals surface area (Å²) in [5.41, 5.74) is 0.844. The first kappa shape index (κ1) is 18.7. The summed E-state index contributed by atoms with van der Waals surface area (Å²) in [6.07, 6.45) is -0.219. The van der Waals surface area contributed by atoms with Gasteiger partial charge in [-0.1, -0.05) is 48.5 Å². The molecule has 0 spiro atoms. The number of nitrogens with one attached hydrogen (secondary N) is 1. The summed E-state index contributed by atoms with van der Waals surface area (Å²) in [5, 5.41) is 2.36. The topological polar surface area (TPSA) is 89.5 Å². The number of hydrogen-bond acceptors (Lipinski definition) is 5. The number of carbonyl (C=O) groups excluding carboxylic acids is 2. The van der Waals surface area contributed by atoms with E-state index in [1.807, 2.05) is 30.3 Å². The Balaban J connectivity index is 1.71. The molecule has 25 heavy (non-hydrogen) atoms. The quantitative estimate of drug-likeness (QED) is 0.723. The van der Waals surface area contributed by atoms with Crippen molar-refractivity contribution in [2.24, 2.45) is 0 Å². The molecule has 0 unspecified atom stereocenters. The molecule has 0 saturated heterocycles. The van der Waals surface area contributed by atoms with E-state index in [-0.39, 0.29) is 30.2 Å². The highest BCUT2D eigenvalue weighted by Gasteiger charge is 2.16. The number of carbonyl (C=O) groups is 2. The Bertz CT molecular complexity index is 804. The summed E-state index contributed by atoms with van der Waals surface area (Å²) >= 11 is 0. The molecular formula is C18H19NO5S. The molecule has 0 aliphatic heterocycles. The molecule has 132 valence electrons. The lowest BCUT2D eigenvalue weighted by atomic mass is 10.2. The highest BCUT2D eigenvalue weighted by Crippen LogP contribution is 2.10. The van der Waals surface area contributed by atoms with Gasteiger partial charge in [0, 0.05) is 6.42 Å². The largest absolute Gasteiger partial charge is 0.460 e. The Morgan fingerprint density at radius 3 is 2.16 bits per heavy atom. The first-order valence-electron chi connectivity index (χ1n) is 7.71. The lowest BCUT2D eigenvalue weighted by Gasteiger charge is -2.07. The molecule has 2 aromatic rings. The van der Waals surface area contributed by atoms with Crippen molar-refractivity contribution in [3.8, 4) is 0 Å². The third-order valence-corrected chi connectivity index (χ3v) is 5.10. The molecule has 1 N–H and O–H groups in total. The fourth-order valence-electron chi connectivity index (χ4n) is 2.02. The van der Waals surface area contributed by atoms with Gasteiger partial charge in [0.1, 0.15) is 13.2 Å². The van der Waals surface area contributed by atoms with E-state index in [0.29, 0.717) is 0 Å². The molecular weight excluding hydrogens is 342 g/mol. The molecule has 2 rings (SSSR count). The second-order valence-electron chi connectivity index (χ2n) is 5.30. The SMILES string of the molecule is O=C(CCS(=O)(=O)c1ccccc1)NCC(=O)OCc1ccccc1. The molecule has 0 heterocycles. The van der Waals surface area contributed by atoms with Crippen molar-refractivity contribution in [3.63, 3.8) is 0 Å². The minimum absolute atomic E-state index is 0.123. The van der Waals surface area contributed by atoms with Gasteiger partial charge in [-0.15, -0.1) is 0 Å². The smallest absolute Gasteiger partial charge is 0.325 e. The van der Waals surface area contributed by atoms with Gasteiger partial charge in [-0.05, 0) is 17.7 Å². The van der Waals surface area contributed by atoms with Gasteiger partial charge in [0.25, 0.3) is 0 Å². The Kier molecular flexibility index (Phi) is 6.71. The van der Waals surface area contributed by atoms with Gasteiger partial charge in [-0.3, -0.25) is 9.59 Å². The molecule has 0 saturated carbocycles. The van der Waals surface area contributed by atoms with E-state index in [2.05, 4.69) is 5.32 Å². The average Bonchev–Trinajstić information content (AvgIpc) is 2.64. The van der Waals surface area contributed by atoms with Crippen LogP contribution < -0.4 is 5.32 Å². The number of sulfone groups is 1. The highest BCUT2D eigenvalue weighted by atomic mass is 32.2. The fraction of sp³-hybridized carbons (Fsp3) is 0.222. The van der Waals surface area contributed by atoms with Crippen molar-refractivity contribution >= 4 is 21.7 Å². The maximum atomic E-state index is 12.1. The average molecular weight is 361 g/mol. The minimum Gasteiger partial charge on any atom is -0.460 e. The van der Waals surface area contributed by atoms with Gasteiger partial charge in [-0.25, -0.2) is 8.42 Å². The number of hydrogen-bond donors (Lipinski definition) is 1. The fourth-order valence-corrected chi connectivity index (χ4v) is 3.28. The van der Waals surface area contributed by atoms with E-state index in [4.69, 9.17) is 4.74 Å². The number of rotatable bonds is 8. The van der Waals surface area contributed by atoms with Crippen LogP contribution in [-0.2, 0) is 30.8 Å². The zero-order valence-electron chi connectivity index (χ0n) is 13.6. The summed E-state index contributed by atoms with van der Waals surface area (Å²) in [6, 6.07) is 17.1. The van der Waals surface area contributed by atoms with E-state index in [0.717, 1.165) is 5.56 Å². The molecule has 0 aliphatic carbocycles. The van der Waals surface area contributed by atoms with Gasteiger partial charge >= 0.3 is 5.97 Å². The van der Waals surface area contributed by atoms with Crippen LogP contribution in [0.4, 0.5) is 0 Å². The van der Waals surface area contributed by atoms with Crippen LogP contribution in [0.2, 0.25) is 0 Å². The van der Waals surface area contributed by atoms with Crippen LogP contribution >= 0.6 is 0 Å². The van der Waals surface area contributed by atoms with Crippen molar-refractivity contribution in [2.75, 3.05) is 12.3 Å². The van der Waals surface area contributed by atoms with Crippen molar-refractivity contribution in [1.82, 2.24) is 5.32 Å². The van der Waals surface area contributed by atoms with Gasteiger partial charge in [0.05, 0.1) is 10.6 Å². The Morgan fingerprint density at radius 2 is 1.52 bits per heavy atom. The second kappa shape index (κ2) is 8.98. The molecule has 1 amide bonds. The first-order valence-corrected chi connectivity index (χ1v) is 9.37. The molecule has 7 heteroatoms. The monoisotopic (exact) mass is 361 g/mol. The van der Waals surface area contributed by atoms with Gasteiger partial charge in [0.2, 0.25) is 5.91 Å². The summed E-state index contributed by atoms with van der Waals surface area (Å²) in [7, 11) is -3.52. The Labute approximate surface area is 146 Å². The van der Waals surface area contributed by atoms with E-state index < -0.39 is 21.7 Å². The van der Waals surface area contributed by atoms with E-state index in [1.54, 1.807) is 18.2 Å². The maximum Gasteiger partial charge on any atom is 0.325 e. The second-order valence-corrected chi connectivity index (χ2v) is 7.41. The van der Waals surface area contributed by atoms with Gasteiger partial charge in [0.15, 0.2) is 9.84 Å². The van der Waals surface area contributed by atoms with E-state index in [9.17, 15) is 18.0 Å². The summed E-state index contributed by atoms with van der Waals surface area (Å²) in [6.45, 7) is -0.172. The first-order chi connectivity index (χ1) is 12.0. The summed E-state index contributed by atoms with van der Waals surface area (Å²) in [5.74, 6) is -1.42. The van der Waals surface area contributed by atoms with Crippen molar-refractivity contribution in [1.29, 1.82) is 0 Å². The third kappa shape index (κ3) is 6.39. The number of esters is 1. The lowest BCUT2D eigenvalue weighted by Crippen LogP contribution is -2.31. The van der Waals surface area contributed by atoms with Crippen LogP contribution in [-0.4, -0.2) is 32.6 Å². The summed E-state index contributed by atoms with van der Waals surface area (Å²) in [4.78, 5) is 23.5. The van der Waals surface area contributed by atoms with Crippen molar-refractivity contribution < 1.29 is 22.7 Å². The Hall–Kier alpha value is -2.67. The lowest BCUT2D eigenvalue weighted by molar-refractivity contribution is -0.145. The molecule has 0 atom stereocenters. The van der Waals surface area contributed by atoms with Crippen LogP contribution in [0.3, 0.4) is 0 Å². The van der Waals surface area contributed by atoms with Crippen molar-refractivity contribution in [2.45, 2.75) is 17.9 Å². The van der Waals surface area contributed by atoms with Crippen LogP contribution in [0.25, 0.3) is 0 Å². The van der Waals surface area contributed by atoms with Crippen LogP contribution in [0.1, 0.15) is 12.0 Å². The molecule has 0 radical (unpaired) electrons. The summed E-state index contributed by atoms with van der Waals surface area (Å²) < 4.78 is 29.1. The van der Waals surface area contributed by atoms with Crippen LogP contribution in [0.5, 0.6) is 0 Å². The van der Waals surface area contributed by atoms with Gasteiger partial charge in [-0.2, -0.15) is 0 Å². The molecule has 0 bridgehead atoms. The zero-order valence-corrected chi connectivity index (χ0v) is 14.4. The zero-order chi connectivity index (χ0) is 18.1. The molecule has 6 nitrogen and oxygen atoms in total. The van der Waals surface area contributed by atoms with Crippen LogP contribution in [0, 0.1) is 0 Å². The van der Waals surface area contributed by atoms with E-state index >= 15 is 0 Å². The number of amides is 1. The number of benzene rings is 2. The molecule has 0 fully saturated rings. The standard InChI is InChI=1S/C18H19NO5S/c20-17(11-12-25(22,23)16-9-5-2-6-10-16)19-13-18(21)24-14-15-7-3-1-4-8-15/h1-10H,11-14H2,(H,19,20). The maximum absolute atomic E-state index is 12.1. The number of ether oxygens (including phenoxy) is 1. The predicted octanol–water partition coefficient (Wildman–Crippen LogP) is 1.71. The third-order valence-electron chi connectivity index (χ3n) is 3.37. The Morgan fingerprint density at radius 1 is 0.920 bits per heavy atom. The molecule has 2 aromatic carbocycles. The van der Waals surface area contributed by atoms with E-state index in [1.165, 1.54) is 12.1 Å². The minimum atomic E-state index is -3.52. The normalized spacial score (nSPS) is 10.9. The molecule has 0 aromatic heterocycles. The molecule has 0 aliphatic rings. The van der Waals surface area contributed by atoms with Crippen molar-refractivity contribution in [3.05, 3.63) is 66.2 Å². The highest BCUT2D eigenvalue weighted by molar-refractivity contribution is 7.91. The van der Waals surface area contributed by atoms with Crippen LogP contribution in [0.15, 0.2) is 65.6 Å². The van der Waals surface area contributed by atoms with Gasteiger partial charge < -0.3 is 10.1 Å².